The van der Waals surface area contributed by atoms with Crippen molar-refractivity contribution in [3.05, 3.63) is 106 Å². The largest absolute Gasteiger partial charge is 0.494 e. The number of halogens is 1. The van der Waals surface area contributed by atoms with Crippen LogP contribution in [0.25, 0.3) is 16.9 Å². The maximum absolute atomic E-state index is 14.1. The molecule has 8 nitrogen and oxygen atoms in total. The molecule has 3 aromatic carbocycles. The maximum atomic E-state index is 14.1. The van der Waals surface area contributed by atoms with Crippen LogP contribution in [0.4, 0.5) is 10.1 Å². The number of nitro groups is 1. The quantitative estimate of drug-likeness (QED) is 0.270. The zero-order chi connectivity index (χ0) is 24.9. The molecule has 0 aliphatic heterocycles. The Morgan fingerprint density at radius 1 is 1.11 bits per heavy atom. The molecule has 4 rings (SSSR count). The third-order valence-electron chi connectivity index (χ3n) is 5.57. The minimum atomic E-state index is -0.490. The molecule has 0 saturated carbocycles. The van der Waals surface area contributed by atoms with Gasteiger partial charge < -0.3 is 9.64 Å². The van der Waals surface area contributed by atoms with Gasteiger partial charge in [-0.1, -0.05) is 24.3 Å². The van der Waals surface area contributed by atoms with Gasteiger partial charge in [0, 0.05) is 43.0 Å². The Balaban J connectivity index is 1.60. The van der Waals surface area contributed by atoms with Crippen LogP contribution in [0.5, 0.6) is 5.75 Å². The van der Waals surface area contributed by atoms with Crippen molar-refractivity contribution in [1.29, 1.82) is 0 Å². The van der Waals surface area contributed by atoms with Gasteiger partial charge in [0.05, 0.1) is 29.8 Å². The average molecular weight is 474 g/mol. The van der Waals surface area contributed by atoms with E-state index in [9.17, 15) is 19.3 Å². The fourth-order valence-electron chi connectivity index (χ4n) is 3.70. The average Bonchev–Trinajstić information content (AvgIpc) is 3.28. The molecule has 1 aromatic heterocycles. The number of para-hydroxylation sites is 1. The first kappa shape index (κ1) is 23.6. The van der Waals surface area contributed by atoms with Crippen molar-refractivity contribution in [1.82, 2.24) is 14.7 Å². The van der Waals surface area contributed by atoms with Gasteiger partial charge in [-0.15, -0.1) is 0 Å². The van der Waals surface area contributed by atoms with Crippen LogP contribution in [0.15, 0.2) is 79.0 Å². The lowest BCUT2D eigenvalue weighted by Gasteiger charge is -2.17. The van der Waals surface area contributed by atoms with Gasteiger partial charge in [-0.05, 0) is 42.0 Å². The molecule has 0 unspecified atom stereocenters. The molecular formula is C26H23FN4O4. The van der Waals surface area contributed by atoms with E-state index in [4.69, 9.17) is 4.74 Å². The van der Waals surface area contributed by atoms with E-state index in [1.54, 1.807) is 36.1 Å². The Labute approximate surface area is 201 Å². The van der Waals surface area contributed by atoms with E-state index in [0.717, 1.165) is 5.69 Å². The molecular weight excluding hydrogens is 451 g/mol. The van der Waals surface area contributed by atoms with Crippen LogP contribution >= 0.6 is 0 Å². The van der Waals surface area contributed by atoms with E-state index in [2.05, 4.69) is 5.10 Å². The predicted molar refractivity (Wildman–Crippen MR) is 129 cm³/mol. The first-order valence-electron chi connectivity index (χ1n) is 10.8. The van der Waals surface area contributed by atoms with Gasteiger partial charge in [-0.25, -0.2) is 9.07 Å². The third-order valence-corrected chi connectivity index (χ3v) is 5.57. The summed E-state index contributed by atoms with van der Waals surface area (Å²) in [6.45, 7) is 0.222. The Bertz CT molecular complexity index is 1350. The van der Waals surface area contributed by atoms with Gasteiger partial charge in [0.2, 0.25) is 5.91 Å². The summed E-state index contributed by atoms with van der Waals surface area (Å²) in [4.78, 5) is 25.2. The normalized spacial score (nSPS) is 10.7. The summed E-state index contributed by atoms with van der Waals surface area (Å²) in [6.07, 6.45) is 1.83. The van der Waals surface area contributed by atoms with Crippen LogP contribution in [-0.4, -0.2) is 39.7 Å². The second-order valence-electron chi connectivity index (χ2n) is 7.98. The Kier molecular flexibility index (Phi) is 6.86. The lowest BCUT2D eigenvalue weighted by molar-refractivity contribution is -0.384. The second-order valence-corrected chi connectivity index (χ2v) is 7.98. The summed E-state index contributed by atoms with van der Waals surface area (Å²) in [5.41, 5.74) is 3.31. The van der Waals surface area contributed by atoms with Gasteiger partial charge in [0.15, 0.2) is 11.6 Å². The Morgan fingerprint density at radius 3 is 2.46 bits per heavy atom. The lowest BCUT2D eigenvalue weighted by Crippen LogP contribution is -2.27. The minimum Gasteiger partial charge on any atom is -0.494 e. The molecule has 0 N–H and O–H groups in total. The summed E-state index contributed by atoms with van der Waals surface area (Å²) in [5.74, 6) is -0.531. The first-order chi connectivity index (χ1) is 16.9. The van der Waals surface area contributed by atoms with Crippen molar-refractivity contribution in [2.45, 2.75) is 13.0 Å². The van der Waals surface area contributed by atoms with Crippen molar-refractivity contribution in [3.8, 4) is 22.7 Å². The highest BCUT2D eigenvalue weighted by molar-refractivity contribution is 5.81. The van der Waals surface area contributed by atoms with E-state index < -0.39 is 10.7 Å². The molecule has 178 valence electrons. The van der Waals surface area contributed by atoms with Gasteiger partial charge in [-0.3, -0.25) is 14.9 Å². The SMILES string of the molecule is COc1ccc(CN(C)C(=O)Cc2cn(-c3ccccc3)nc2-c2ccc([N+](=O)[O-])cc2)cc1F. The number of nitrogens with zero attached hydrogens (tertiary/aromatic N) is 4. The highest BCUT2D eigenvalue weighted by Crippen LogP contribution is 2.27. The van der Waals surface area contributed by atoms with Crippen LogP contribution in [0.3, 0.4) is 0 Å². The van der Waals surface area contributed by atoms with Crippen molar-refractivity contribution in [3.63, 3.8) is 0 Å². The number of carbonyl (C=O) groups is 1. The van der Waals surface area contributed by atoms with Gasteiger partial charge in [0.25, 0.3) is 5.69 Å². The second kappa shape index (κ2) is 10.2. The van der Waals surface area contributed by atoms with Crippen molar-refractivity contribution in [2.75, 3.05) is 14.2 Å². The van der Waals surface area contributed by atoms with Gasteiger partial charge >= 0.3 is 0 Å². The zero-order valence-electron chi connectivity index (χ0n) is 19.2. The number of nitro benzene ring substituents is 1. The van der Waals surface area contributed by atoms with E-state index in [1.165, 1.54) is 36.3 Å². The number of carbonyl (C=O) groups excluding carboxylic acids is 1. The standard InChI is InChI=1S/C26H23FN4O4/c1-29(16-18-8-13-24(35-2)23(27)14-18)25(32)15-20-17-30(21-6-4-3-5-7-21)28-26(20)19-9-11-22(12-10-19)31(33)34/h3-14,17H,15-16H2,1-2H3. The van der Waals surface area contributed by atoms with Crippen molar-refractivity contribution >= 4 is 11.6 Å². The molecule has 1 amide bonds. The van der Waals surface area contributed by atoms with E-state index in [1.807, 2.05) is 30.3 Å². The molecule has 0 fully saturated rings. The summed E-state index contributed by atoms with van der Waals surface area (Å²) in [6, 6.07) is 20.1. The summed E-state index contributed by atoms with van der Waals surface area (Å²) >= 11 is 0. The smallest absolute Gasteiger partial charge is 0.269 e. The number of benzene rings is 3. The molecule has 0 aliphatic carbocycles. The first-order valence-corrected chi connectivity index (χ1v) is 10.8. The number of ether oxygens (including phenoxy) is 1. The van der Waals surface area contributed by atoms with Crippen molar-refractivity contribution < 1.29 is 18.8 Å². The third kappa shape index (κ3) is 5.35. The molecule has 0 atom stereocenters. The van der Waals surface area contributed by atoms with Crippen molar-refractivity contribution in [2.24, 2.45) is 0 Å². The molecule has 1 heterocycles. The topological polar surface area (TPSA) is 90.5 Å². The van der Waals surface area contributed by atoms with Crippen LogP contribution in [-0.2, 0) is 17.8 Å². The van der Waals surface area contributed by atoms with Crippen LogP contribution < -0.4 is 4.74 Å². The number of methoxy groups -OCH3 is 1. The highest BCUT2D eigenvalue weighted by atomic mass is 19.1. The predicted octanol–water partition coefficient (Wildman–Crippen LogP) is 4.80. The monoisotopic (exact) mass is 474 g/mol. The number of aromatic nitrogens is 2. The van der Waals surface area contributed by atoms with E-state index in [0.29, 0.717) is 22.4 Å². The molecule has 0 saturated heterocycles. The van der Waals surface area contributed by atoms with Gasteiger partial charge in [0.1, 0.15) is 0 Å². The number of rotatable bonds is 8. The van der Waals surface area contributed by atoms with E-state index >= 15 is 0 Å². The van der Waals surface area contributed by atoms with Crippen LogP contribution in [0.2, 0.25) is 0 Å². The highest BCUT2D eigenvalue weighted by Gasteiger charge is 2.19. The van der Waals surface area contributed by atoms with Crippen LogP contribution in [0.1, 0.15) is 11.1 Å². The molecule has 9 heteroatoms. The summed E-state index contributed by atoms with van der Waals surface area (Å²) in [7, 11) is 3.05. The maximum Gasteiger partial charge on any atom is 0.269 e. The van der Waals surface area contributed by atoms with Gasteiger partial charge in [-0.2, -0.15) is 5.10 Å². The number of non-ortho nitro benzene ring substituents is 1. The molecule has 35 heavy (non-hydrogen) atoms. The number of hydrogen-bond acceptors (Lipinski definition) is 5. The fraction of sp³-hybridized carbons (Fsp3) is 0.154. The molecule has 0 spiro atoms. The number of amides is 1. The lowest BCUT2D eigenvalue weighted by atomic mass is 10.0. The van der Waals surface area contributed by atoms with Crippen LogP contribution in [0, 0.1) is 15.9 Å². The molecule has 0 aliphatic rings. The number of hydrogen-bond donors (Lipinski definition) is 0. The Hall–Kier alpha value is -4.53. The summed E-state index contributed by atoms with van der Waals surface area (Å²) in [5, 5.41) is 15.7. The Morgan fingerprint density at radius 2 is 1.83 bits per heavy atom. The molecule has 0 radical (unpaired) electrons. The molecule has 4 aromatic rings. The number of likely N-dealkylation sites (N-methyl/N-ethyl adjacent to an activating group) is 1. The summed E-state index contributed by atoms with van der Waals surface area (Å²) < 4.78 is 20.7. The molecule has 0 bridgehead atoms. The zero-order valence-corrected chi connectivity index (χ0v) is 19.2. The fourth-order valence-corrected chi connectivity index (χ4v) is 3.70. The van der Waals surface area contributed by atoms with E-state index in [-0.39, 0.29) is 30.3 Å². The minimum absolute atomic E-state index is 0.0275.